The summed E-state index contributed by atoms with van der Waals surface area (Å²) in [5, 5.41) is 18.4. The SMILES string of the molecule is CC(C)(C)OC(=O)N1CC[C@H](CC#N)[C@@H](O)C1. The van der Waals surface area contributed by atoms with Crippen molar-refractivity contribution in [3.63, 3.8) is 0 Å². The predicted molar refractivity (Wildman–Crippen MR) is 62.2 cm³/mol. The number of β-amino-alcohol motifs (C(OH)–C–C–N with tert-alkyl or cyclic N) is 1. The number of aliphatic hydroxyl groups is 1. The topological polar surface area (TPSA) is 73.6 Å². The van der Waals surface area contributed by atoms with Gasteiger partial charge in [-0.15, -0.1) is 0 Å². The Morgan fingerprint density at radius 3 is 2.71 bits per heavy atom. The standard InChI is InChI=1S/C12H20N2O3/c1-12(2,3)17-11(16)14-7-5-9(4-6-13)10(15)8-14/h9-10,15H,4-5,7-8H2,1-3H3/t9-,10-/m0/s1. The van der Waals surface area contributed by atoms with Crippen LogP contribution in [-0.4, -0.2) is 40.9 Å². The summed E-state index contributed by atoms with van der Waals surface area (Å²) < 4.78 is 5.23. The molecule has 0 aromatic carbocycles. The minimum atomic E-state index is -0.629. The molecular formula is C12H20N2O3. The van der Waals surface area contributed by atoms with Gasteiger partial charge in [-0.2, -0.15) is 5.26 Å². The molecule has 0 spiro atoms. The Morgan fingerprint density at radius 2 is 2.24 bits per heavy atom. The average molecular weight is 240 g/mol. The third kappa shape index (κ3) is 4.23. The molecule has 1 rings (SSSR count). The van der Waals surface area contributed by atoms with Gasteiger partial charge in [0.05, 0.1) is 18.7 Å². The third-order valence-electron chi connectivity index (χ3n) is 2.73. The lowest BCUT2D eigenvalue weighted by Crippen LogP contribution is -2.48. The minimum Gasteiger partial charge on any atom is -0.444 e. The van der Waals surface area contributed by atoms with Gasteiger partial charge in [0.15, 0.2) is 0 Å². The van der Waals surface area contributed by atoms with Crippen molar-refractivity contribution in [1.29, 1.82) is 5.26 Å². The Bertz CT molecular complexity index is 317. The van der Waals surface area contributed by atoms with Gasteiger partial charge in [-0.1, -0.05) is 0 Å². The van der Waals surface area contributed by atoms with Gasteiger partial charge in [0, 0.05) is 18.9 Å². The zero-order chi connectivity index (χ0) is 13.1. The van der Waals surface area contributed by atoms with Crippen LogP contribution >= 0.6 is 0 Å². The number of ether oxygens (including phenoxy) is 1. The fourth-order valence-corrected chi connectivity index (χ4v) is 1.83. The molecule has 0 aromatic rings. The molecule has 0 radical (unpaired) electrons. The fraction of sp³-hybridized carbons (Fsp3) is 0.833. The van der Waals surface area contributed by atoms with Gasteiger partial charge in [0.25, 0.3) is 0 Å². The highest BCUT2D eigenvalue weighted by molar-refractivity contribution is 5.68. The van der Waals surface area contributed by atoms with Crippen molar-refractivity contribution in [2.24, 2.45) is 5.92 Å². The molecular weight excluding hydrogens is 220 g/mol. The predicted octanol–water partition coefficient (Wildman–Crippen LogP) is 1.52. The highest BCUT2D eigenvalue weighted by atomic mass is 16.6. The third-order valence-corrected chi connectivity index (χ3v) is 2.73. The van der Waals surface area contributed by atoms with Gasteiger partial charge in [-0.3, -0.25) is 0 Å². The fourth-order valence-electron chi connectivity index (χ4n) is 1.83. The number of nitriles is 1. The molecule has 0 saturated carbocycles. The van der Waals surface area contributed by atoms with Crippen LogP contribution in [0.1, 0.15) is 33.6 Å². The molecule has 1 aliphatic rings. The molecule has 17 heavy (non-hydrogen) atoms. The lowest BCUT2D eigenvalue weighted by molar-refractivity contribution is -0.0117. The molecule has 0 unspecified atom stereocenters. The van der Waals surface area contributed by atoms with Gasteiger partial charge in [0.2, 0.25) is 0 Å². The molecule has 0 aliphatic carbocycles. The number of carbonyl (C=O) groups excluding carboxylic acids is 1. The lowest BCUT2D eigenvalue weighted by Gasteiger charge is -2.35. The Balaban J connectivity index is 2.50. The maximum absolute atomic E-state index is 11.8. The van der Waals surface area contributed by atoms with Crippen molar-refractivity contribution in [2.45, 2.75) is 45.3 Å². The molecule has 1 aliphatic heterocycles. The monoisotopic (exact) mass is 240 g/mol. The van der Waals surface area contributed by atoms with E-state index in [1.54, 1.807) is 0 Å². The summed E-state index contributed by atoms with van der Waals surface area (Å²) in [6, 6.07) is 2.06. The zero-order valence-electron chi connectivity index (χ0n) is 10.6. The smallest absolute Gasteiger partial charge is 0.410 e. The summed E-state index contributed by atoms with van der Waals surface area (Å²) in [6.45, 7) is 6.22. The molecule has 0 bridgehead atoms. The van der Waals surface area contributed by atoms with Gasteiger partial charge >= 0.3 is 6.09 Å². The Kier molecular flexibility index (Phi) is 4.35. The first-order chi connectivity index (χ1) is 7.83. The van der Waals surface area contributed by atoms with Crippen LogP contribution in [0.5, 0.6) is 0 Å². The first kappa shape index (κ1) is 13.8. The van der Waals surface area contributed by atoms with Crippen molar-refractivity contribution in [2.75, 3.05) is 13.1 Å². The second-order valence-electron chi connectivity index (χ2n) is 5.40. The van der Waals surface area contributed by atoms with Crippen molar-refractivity contribution in [3.05, 3.63) is 0 Å². The van der Waals surface area contributed by atoms with E-state index in [2.05, 4.69) is 6.07 Å². The van der Waals surface area contributed by atoms with Crippen molar-refractivity contribution in [3.8, 4) is 6.07 Å². The molecule has 0 aromatic heterocycles. The van der Waals surface area contributed by atoms with E-state index in [9.17, 15) is 9.90 Å². The van der Waals surface area contributed by atoms with E-state index in [0.717, 1.165) is 0 Å². The summed E-state index contributed by atoms with van der Waals surface area (Å²) in [7, 11) is 0. The number of hydrogen-bond donors (Lipinski definition) is 1. The highest BCUT2D eigenvalue weighted by Crippen LogP contribution is 2.22. The molecule has 5 nitrogen and oxygen atoms in total. The summed E-state index contributed by atoms with van der Waals surface area (Å²) in [6.07, 6.45) is -0.0417. The van der Waals surface area contributed by atoms with Crippen molar-refractivity contribution >= 4 is 6.09 Å². The summed E-state index contributed by atoms with van der Waals surface area (Å²) in [5.41, 5.74) is -0.522. The van der Waals surface area contributed by atoms with Crippen LogP contribution in [0.3, 0.4) is 0 Å². The number of piperidine rings is 1. The number of rotatable bonds is 1. The van der Waals surface area contributed by atoms with E-state index < -0.39 is 17.8 Å². The van der Waals surface area contributed by atoms with E-state index in [1.807, 2.05) is 20.8 Å². The van der Waals surface area contributed by atoms with Crippen LogP contribution in [0.15, 0.2) is 0 Å². The van der Waals surface area contributed by atoms with Gasteiger partial charge in [0.1, 0.15) is 5.60 Å². The maximum Gasteiger partial charge on any atom is 0.410 e. The van der Waals surface area contributed by atoms with Crippen LogP contribution in [0.4, 0.5) is 4.79 Å². The van der Waals surface area contributed by atoms with Gasteiger partial charge < -0.3 is 14.7 Å². The normalized spacial score (nSPS) is 25.2. The van der Waals surface area contributed by atoms with Crippen molar-refractivity contribution < 1.29 is 14.6 Å². The summed E-state index contributed by atoms with van der Waals surface area (Å²) >= 11 is 0. The first-order valence-corrected chi connectivity index (χ1v) is 5.86. The molecule has 2 atom stereocenters. The second kappa shape index (κ2) is 5.37. The van der Waals surface area contributed by atoms with E-state index in [0.29, 0.717) is 19.4 Å². The van der Waals surface area contributed by atoms with Crippen molar-refractivity contribution in [1.82, 2.24) is 4.90 Å². The Labute approximate surface area is 102 Å². The van der Waals surface area contributed by atoms with Gasteiger partial charge in [-0.05, 0) is 27.2 Å². The van der Waals surface area contributed by atoms with Crippen LogP contribution in [-0.2, 0) is 4.74 Å². The highest BCUT2D eigenvalue weighted by Gasteiger charge is 2.32. The van der Waals surface area contributed by atoms with Gasteiger partial charge in [-0.25, -0.2) is 4.79 Å². The summed E-state index contributed by atoms with van der Waals surface area (Å²) in [5.74, 6) is -0.0290. The molecule has 1 amide bonds. The van der Waals surface area contributed by atoms with E-state index in [4.69, 9.17) is 10.00 Å². The number of aliphatic hydroxyl groups excluding tert-OH is 1. The van der Waals surface area contributed by atoms with Crippen LogP contribution < -0.4 is 0 Å². The number of amides is 1. The summed E-state index contributed by atoms with van der Waals surface area (Å²) in [4.78, 5) is 13.3. The lowest BCUT2D eigenvalue weighted by atomic mass is 9.91. The second-order valence-corrected chi connectivity index (χ2v) is 5.40. The quantitative estimate of drug-likeness (QED) is 0.754. The number of carbonyl (C=O) groups is 1. The number of likely N-dealkylation sites (tertiary alicyclic amines) is 1. The number of hydrogen-bond acceptors (Lipinski definition) is 4. The Morgan fingerprint density at radius 1 is 1.59 bits per heavy atom. The largest absolute Gasteiger partial charge is 0.444 e. The molecule has 5 heteroatoms. The molecule has 1 heterocycles. The molecule has 1 saturated heterocycles. The van der Waals surface area contributed by atoms with Crippen LogP contribution in [0.2, 0.25) is 0 Å². The van der Waals surface area contributed by atoms with E-state index >= 15 is 0 Å². The van der Waals surface area contributed by atoms with E-state index in [1.165, 1.54) is 4.90 Å². The molecule has 1 N–H and O–H groups in total. The first-order valence-electron chi connectivity index (χ1n) is 5.86. The maximum atomic E-state index is 11.8. The minimum absolute atomic E-state index is 0.0290. The van der Waals surface area contributed by atoms with E-state index in [-0.39, 0.29) is 12.5 Å². The van der Waals surface area contributed by atoms with Crippen LogP contribution in [0.25, 0.3) is 0 Å². The molecule has 96 valence electrons. The average Bonchev–Trinajstić information content (AvgIpc) is 2.18. The van der Waals surface area contributed by atoms with Crippen LogP contribution in [0, 0.1) is 17.2 Å². The number of nitrogens with zero attached hydrogens (tertiary/aromatic N) is 2. The zero-order valence-corrected chi connectivity index (χ0v) is 10.6. The molecule has 1 fully saturated rings. The Hall–Kier alpha value is -1.28.